The van der Waals surface area contributed by atoms with Crippen molar-refractivity contribution in [3.63, 3.8) is 0 Å². The zero-order valence-corrected chi connectivity index (χ0v) is 18.3. The lowest BCUT2D eigenvalue weighted by atomic mass is 10.1. The van der Waals surface area contributed by atoms with E-state index >= 15 is 0 Å². The van der Waals surface area contributed by atoms with E-state index in [1.807, 2.05) is 71.6 Å². The molecule has 0 saturated heterocycles. The van der Waals surface area contributed by atoms with Crippen molar-refractivity contribution in [2.45, 2.75) is 17.6 Å². The first-order valence-corrected chi connectivity index (χ1v) is 11.6. The molecule has 4 heterocycles. The van der Waals surface area contributed by atoms with Crippen LogP contribution in [0.2, 0.25) is 0 Å². The van der Waals surface area contributed by atoms with Gasteiger partial charge in [0.25, 0.3) is 5.91 Å². The van der Waals surface area contributed by atoms with Gasteiger partial charge in [-0.3, -0.25) is 4.79 Å². The third-order valence-electron chi connectivity index (χ3n) is 5.03. The van der Waals surface area contributed by atoms with E-state index in [-0.39, 0.29) is 17.7 Å². The van der Waals surface area contributed by atoms with Crippen LogP contribution in [0.3, 0.4) is 0 Å². The summed E-state index contributed by atoms with van der Waals surface area (Å²) >= 11 is 2.98. The molecule has 156 valence electrons. The zero-order valence-electron chi connectivity index (χ0n) is 16.7. The average molecular weight is 450 g/mol. The molecule has 1 atom stereocenters. The number of carbonyl (C=O) groups excluding carboxylic acids is 1. The maximum atomic E-state index is 13.1. The molecule has 0 saturated carbocycles. The van der Waals surface area contributed by atoms with Crippen LogP contribution in [-0.4, -0.2) is 37.1 Å². The Bertz CT molecular complexity index is 1200. The first kappa shape index (κ1) is 19.8. The van der Waals surface area contributed by atoms with Gasteiger partial charge >= 0.3 is 0 Å². The minimum Gasteiger partial charge on any atom is -0.467 e. The quantitative estimate of drug-likeness (QED) is 0.402. The largest absolute Gasteiger partial charge is 0.467 e. The van der Waals surface area contributed by atoms with Gasteiger partial charge in [0.2, 0.25) is 0 Å². The average Bonchev–Trinajstić information content (AvgIpc) is 3.59. The number of benzene rings is 1. The molecule has 3 aromatic heterocycles. The topological polar surface area (TPSA) is 76.5 Å². The number of amides is 1. The number of hydrogen-bond donors (Lipinski definition) is 0. The number of rotatable bonds is 6. The molecule has 31 heavy (non-hydrogen) atoms. The molecular formula is C22H19N5O2S2. The van der Waals surface area contributed by atoms with E-state index in [2.05, 4.69) is 15.3 Å². The Morgan fingerprint density at radius 2 is 2.03 bits per heavy atom. The maximum absolute atomic E-state index is 13.1. The monoisotopic (exact) mass is 449 g/mol. The van der Waals surface area contributed by atoms with Crippen molar-refractivity contribution in [3.8, 4) is 11.4 Å². The second kappa shape index (κ2) is 8.52. The summed E-state index contributed by atoms with van der Waals surface area (Å²) < 4.78 is 7.51. The molecule has 1 aliphatic rings. The third kappa shape index (κ3) is 3.94. The van der Waals surface area contributed by atoms with Crippen molar-refractivity contribution in [3.05, 3.63) is 76.9 Å². The molecule has 0 N–H and O–H groups in total. The van der Waals surface area contributed by atoms with Gasteiger partial charge in [-0.2, -0.15) is 5.10 Å². The van der Waals surface area contributed by atoms with Crippen LogP contribution in [0.25, 0.3) is 11.4 Å². The van der Waals surface area contributed by atoms with Gasteiger partial charge < -0.3 is 8.98 Å². The summed E-state index contributed by atoms with van der Waals surface area (Å²) in [6, 6.07) is 17.4. The molecule has 1 aromatic carbocycles. The van der Waals surface area contributed by atoms with Crippen molar-refractivity contribution in [1.82, 2.24) is 19.8 Å². The van der Waals surface area contributed by atoms with Crippen molar-refractivity contribution in [2.75, 3.05) is 5.75 Å². The van der Waals surface area contributed by atoms with Crippen LogP contribution in [0.15, 0.2) is 80.9 Å². The van der Waals surface area contributed by atoms with Crippen molar-refractivity contribution < 1.29 is 9.21 Å². The smallest absolute Gasteiger partial charge is 0.253 e. The molecule has 9 heteroatoms. The van der Waals surface area contributed by atoms with Crippen LogP contribution in [0.5, 0.6) is 0 Å². The molecular weight excluding hydrogens is 430 g/mol. The molecule has 4 aromatic rings. The van der Waals surface area contributed by atoms with E-state index < -0.39 is 0 Å². The molecule has 0 bridgehead atoms. The van der Waals surface area contributed by atoms with E-state index in [9.17, 15) is 4.79 Å². The predicted molar refractivity (Wildman–Crippen MR) is 121 cm³/mol. The van der Waals surface area contributed by atoms with Gasteiger partial charge in [0.15, 0.2) is 11.0 Å². The van der Waals surface area contributed by atoms with Crippen LogP contribution < -0.4 is 0 Å². The van der Waals surface area contributed by atoms with E-state index in [0.29, 0.717) is 11.6 Å². The van der Waals surface area contributed by atoms with Crippen molar-refractivity contribution in [1.29, 1.82) is 0 Å². The summed E-state index contributed by atoms with van der Waals surface area (Å²) in [7, 11) is 1.91. The molecule has 1 amide bonds. The molecule has 5 rings (SSSR count). The lowest BCUT2D eigenvalue weighted by molar-refractivity contribution is -0.130. The van der Waals surface area contributed by atoms with Gasteiger partial charge in [-0.15, -0.1) is 21.5 Å². The van der Waals surface area contributed by atoms with Gasteiger partial charge in [-0.05, 0) is 23.6 Å². The standard InChI is InChI=1S/C22H19N5O2S2/c1-26-21(15-7-3-2-4-8-15)23-24-22(26)31-14-20(28)27-17(18-9-5-11-29-18)13-16(25-27)19-10-6-12-30-19/h2-12,17H,13-14H2,1H3. The van der Waals surface area contributed by atoms with E-state index in [4.69, 9.17) is 4.42 Å². The molecule has 1 aliphatic heterocycles. The maximum Gasteiger partial charge on any atom is 0.253 e. The fourth-order valence-electron chi connectivity index (χ4n) is 3.51. The Kier molecular flexibility index (Phi) is 5.44. The number of thioether (sulfide) groups is 1. The molecule has 0 radical (unpaired) electrons. The van der Waals surface area contributed by atoms with Gasteiger partial charge in [0.1, 0.15) is 11.8 Å². The number of carbonyl (C=O) groups is 1. The number of hydrazone groups is 1. The first-order valence-electron chi connectivity index (χ1n) is 9.75. The lowest BCUT2D eigenvalue weighted by Gasteiger charge is -2.19. The van der Waals surface area contributed by atoms with Gasteiger partial charge in [0, 0.05) is 19.0 Å². The van der Waals surface area contributed by atoms with Crippen LogP contribution >= 0.6 is 23.1 Å². The summed E-state index contributed by atoms with van der Waals surface area (Å²) in [5.74, 6) is 1.61. The minimum absolute atomic E-state index is 0.0952. The highest BCUT2D eigenvalue weighted by molar-refractivity contribution is 7.99. The Hall–Kier alpha value is -3.17. The first-order chi connectivity index (χ1) is 15.2. The van der Waals surface area contributed by atoms with Crippen molar-refractivity contribution in [2.24, 2.45) is 12.1 Å². The minimum atomic E-state index is -0.237. The number of furan rings is 1. The van der Waals surface area contributed by atoms with Gasteiger partial charge in [0.05, 0.1) is 22.6 Å². The Morgan fingerprint density at radius 3 is 2.77 bits per heavy atom. The van der Waals surface area contributed by atoms with Crippen LogP contribution in [-0.2, 0) is 11.8 Å². The molecule has 0 spiro atoms. The van der Waals surface area contributed by atoms with Crippen LogP contribution in [0.4, 0.5) is 0 Å². The summed E-state index contributed by atoms with van der Waals surface area (Å²) in [4.78, 5) is 14.2. The fourth-order valence-corrected chi connectivity index (χ4v) is 4.99. The van der Waals surface area contributed by atoms with E-state index in [0.717, 1.165) is 27.7 Å². The number of aromatic nitrogens is 3. The number of hydrogen-bond acceptors (Lipinski definition) is 7. The van der Waals surface area contributed by atoms with E-state index in [1.165, 1.54) is 11.8 Å². The predicted octanol–water partition coefficient (Wildman–Crippen LogP) is 4.61. The highest BCUT2D eigenvalue weighted by Crippen LogP contribution is 2.35. The number of nitrogens with zero attached hydrogens (tertiary/aromatic N) is 5. The second-order valence-corrected chi connectivity index (χ2v) is 8.91. The highest BCUT2D eigenvalue weighted by Gasteiger charge is 2.35. The van der Waals surface area contributed by atoms with Crippen LogP contribution in [0.1, 0.15) is 23.1 Å². The second-order valence-electron chi connectivity index (χ2n) is 7.02. The SMILES string of the molecule is Cn1c(SCC(=O)N2N=C(c3cccs3)CC2c2ccco2)nnc1-c1ccccc1. The fraction of sp³-hybridized carbons (Fsp3) is 0.182. The van der Waals surface area contributed by atoms with Crippen LogP contribution in [0, 0.1) is 0 Å². The Morgan fingerprint density at radius 1 is 1.16 bits per heavy atom. The Balaban J connectivity index is 1.34. The molecule has 0 aliphatic carbocycles. The summed E-state index contributed by atoms with van der Waals surface area (Å²) in [5, 5.41) is 17.5. The summed E-state index contributed by atoms with van der Waals surface area (Å²) in [6.45, 7) is 0. The molecule has 1 unspecified atom stereocenters. The van der Waals surface area contributed by atoms with Gasteiger partial charge in [-0.1, -0.05) is 48.2 Å². The molecule has 7 nitrogen and oxygen atoms in total. The third-order valence-corrected chi connectivity index (χ3v) is 6.96. The Labute approximate surface area is 187 Å². The summed E-state index contributed by atoms with van der Waals surface area (Å²) in [5.41, 5.74) is 1.89. The lowest BCUT2D eigenvalue weighted by Crippen LogP contribution is -2.28. The zero-order chi connectivity index (χ0) is 21.2. The van der Waals surface area contributed by atoms with Crippen molar-refractivity contribution >= 4 is 34.7 Å². The van der Waals surface area contributed by atoms with Gasteiger partial charge in [-0.25, -0.2) is 5.01 Å². The summed E-state index contributed by atoms with van der Waals surface area (Å²) in [6.07, 6.45) is 2.26. The number of thiophene rings is 1. The normalized spacial score (nSPS) is 16.0. The van der Waals surface area contributed by atoms with E-state index in [1.54, 1.807) is 22.6 Å². The molecule has 0 fully saturated rings. The highest BCUT2D eigenvalue weighted by atomic mass is 32.2.